The molecule has 0 aliphatic rings. The fraction of sp³-hybridized carbons (Fsp3) is 0.125. The lowest BCUT2D eigenvalue weighted by Crippen LogP contribution is -2.14. The monoisotopic (exact) mass is 350 g/mol. The Kier molecular flexibility index (Phi) is 5.59. The number of ketones is 1. The molecule has 0 unspecified atom stereocenters. The maximum Gasteiger partial charge on any atom is 0.294 e. The van der Waals surface area contributed by atoms with Crippen LogP contribution in [0.3, 0.4) is 0 Å². The summed E-state index contributed by atoms with van der Waals surface area (Å²) in [6.07, 6.45) is -0.255. The highest BCUT2D eigenvalue weighted by Crippen LogP contribution is 2.27. The van der Waals surface area contributed by atoms with Crippen LogP contribution in [0.4, 0.5) is 15.8 Å². The number of hydrogen-bond acceptors (Lipinski definition) is 4. The summed E-state index contributed by atoms with van der Waals surface area (Å²) in [6.45, 7) is 0. The van der Waals surface area contributed by atoms with Crippen LogP contribution >= 0.6 is 11.6 Å². The van der Waals surface area contributed by atoms with E-state index in [1.807, 2.05) is 0 Å². The van der Waals surface area contributed by atoms with E-state index >= 15 is 0 Å². The van der Waals surface area contributed by atoms with Gasteiger partial charge < -0.3 is 5.32 Å². The third-order valence-electron chi connectivity index (χ3n) is 3.18. The number of hydrogen-bond donors (Lipinski definition) is 1. The Balaban J connectivity index is 1.98. The third kappa shape index (κ3) is 4.60. The number of nitro groups is 1. The summed E-state index contributed by atoms with van der Waals surface area (Å²) in [5.74, 6) is -1.33. The minimum absolute atomic E-state index is 0.00336. The van der Waals surface area contributed by atoms with Crippen molar-refractivity contribution in [3.05, 3.63) is 69.0 Å². The molecule has 8 heteroatoms. The molecule has 2 rings (SSSR count). The van der Waals surface area contributed by atoms with Crippen LogP contribution in [-0.2, 0) is 4.79 Å². The van der Waals surface area contributed by atoms with Gasteiger partial charge in [0.25, 0.3) is 5.69 Å². The fourth-order valence-corrected chi connectivity index (χ4v) is 2.15. The molecule has 6 nitrogen and oxygen atoms in total. The van der Waals surface area contributed by atoms with Crippen LogP contribution in [0.15, 0.2) is 42.5 Å². The Morgan fingerprint density at radius 2 is 1.79 bits per heavy atom. The first kappa shape index (κ1) is 17.6. The molecule has 124 valence electrons. The van der Waals surface area contributed by atoms with Crippen LogP contribution in [0.2, 0.25) is 5.02 Å². The highest BCUT2D eigenvalue weighted by molar-refractivity contribution is 6.31. The molecule has 0 bridgehead atoms. The van der Waals surface area contributed by atoms with Gasteiger partial charge in [0.1, 0.15) is 11.5 Å². The molecule has 0 spiro atoms. The number of nitrogens with zero attached hydrogens (tertiary/aromatic N) is 1. The fourth-order valence-electron chi connectivity index (χ4n) is 1.98. The van der Waals surface area contributed by atoms with Gasteiger partial charge in [0.15, 0.2) is 5.78 Å². The molecule has 0 atom stereocenters. The van der Waals surface area contributed by atoms with E-state index in [9.17, 15) is 24.1 Å². The van der Waals surface area contributed by atoms with Crippen molar-refractivity contribution in [2.45, 2.75) is 12.8 Å². The van der Waals surface area contributed by atoms with E-state index in [2.05, 4.69) is 5.32 Å². The molecular weight excluding hydrogens is 339 g/mol. The number of Topliss-reactive ketones (excluding diaryl/α,β-unsaturated/α-hetero) is 1. The number of rotatable bonds is 6. The number of carbonyl (C=O) groups excluding carboxylic acids is 2. The van der Waals surface area contributed by atoms with E-state index in [1.165, 1.54) is 24.3 Å². The number of anilines is 1. The second-order valence-corrected chi connectivity index (χ2v) is 5.33. The van der Waals surface area contributed by atoms with Crippen LogP contribution in [0.1, 0.15) is 23.2 Å². The predicted molar refractivity (Wildman–Crippen MR) is 86.7 cm³/mol. The largest absolute Gasteiger partial charge is 0.320 e. The molecular formula is C16H12ClFN2O4. The Morgan fingerprint density at radius 1 is 1.12 bits per heavy atom. The van der Waals surface area contributed by atoms with Gasteiger partial charge in [0.2, 0.25) is 5.91 Å². The van der Waals surface area contributed by atoms with Crippen LogP contribution in [-0.4, -0.2) is 16.6 Å². The molecule has 0 radical (unpaired) electrons. The van der Waals surface area contributed by atoms with E-state index in [1.54, 1.807) is 0 Å². The molecule has 2 aromatic carbocycles. The molecule has 0 saturated heterocycles. The molecule has 1 N–H and O–H groups in total. The van der Waals surface area contributed by atoms with Gasteiger partial charge in [-0.05, 0) is 36.4 Å². The average molecular weight is 351 g/mol. The summed E-state index contributed by atoms with van der Waals surface area (Å²) in [6, 6.07) is 8.84. The van der Waals surface area contributed by atoms with Crippen molar-refractivity contribution in [1.29, 1.82) is 0 Å². The maximum absolute atomic E-state index is 12.8. The SMILES string of the molecule is O=C(CCC(=O)c1ccc(F)cc1)Nc1ccc(Cl)cc1[N+](=O)[O-]. The molecule has 0 aliphatic heterocycles. The number of nitrogens with one attached hydrogen (secondary N) is 1. The summed E-state index contributed by atoms with van der Waals surface area (Å²) < 4.78 is 12.8. The Morgan fingerprint density at radius 3 is 2.42 bits per heavy atom. The second-order valence-electron chi connectivity index (χ2n) is 4.90. The zero-order valence-electron chi connectivity index (χ0n) is 12.3. The lowest BCUT2D eigenvalue weighted by atomic mass is 10.1. The van der Waals surface area contributed by atoms with Gasteiger partial charge in [-0.2, -0.15) is 0 Å². The van der Waals surface area contributed by atoms with E-state index in [4.69, 9.17) is 11.6 Å². The van der Waals surface area contributed by atoms with Crippen molar-refractivity contribution >= 4 is 34.7 Å². The minimum Gasteiger partial charge on any atom is -0.320 e. The Bertz CT molecular complexity index is 793. The third-order valence-corrected chi connectivity index (χ3v) is 3.41. The van der Waals surface area contributed by atoms with Crippen molar-refractivity contribution in [3.8, 4) is 0 Å². The number of benzene rings is 2. The second kappa shape index (κ2) is 7.65. The van der Waals surface area contributed by atoms with Gasteiger partial charge in [0.05, 0.1) is 4.92 Å². The summed E-state index contributed by atoms with van der Waals surface area (Å²) in [5, 5.41) is 13.5. The highest BCUT2D eigenvalue weighted by Gasteiger charge is 2.17. The zero-order chi connectivity index (χ0) is 17.7. The van der Waals surface area contributed by atoms with Gasteiger partial charge >= 0.3 is 0 Å². The van der Waals surface area contributed by atoms with Crippen LogP contribution in [0.5, 0.6) is 0 Å². The standard InChI is InChI=1S/C16H12ClFN2O4/c17-11-3-6-13(14(9-11)20(23)24)19-16(22)8-7-15(21)10-1-4-12(18)5-2-10/h1-6,9H,7-8H2,(H,19,22). The van der Waals surface area contributed by atoms with Crippen molar-refractivity contribution in [1.82, 2.24) is 0 Å². The smallest absolute Gasteiger partial charge is 0.294 e. The molecule has 24 heavy (non-hydrogen) atoms. The molecule has 0 saturated carbocycles. The highest BCUT2D eigenvalue weighted by atomic mass is 35.5. The van der Waals surface area contributed by atoms with Crippen LogP contribution < -0.4 is 5.32 Å². The lowest BCUT2D eigenvalue weighted by Gasteiger charge is -2.06. The van der Waals surface area contributed by atoms with Crippen LogP contribution in [0.25, 0.3) is 0 Å². The Hall–Kier alpha value is -2.80. The maximum atomic E-state index is 12.8. The van der Waals surface area contributed by atoms with Crippen molar-refractivity contribution in [2.75, 3.05) is 5.32 Å². The average Bonchev–Trinajstić information content (AvgIpc) is 2.54. The number of amides is 1. The van der Waals surface area contributed by atoms with E-state index < -0.39 is 16.6 Å². The first-order valence-corrected chi connectivity index (χ1v) is 7.27. The summed E-state index contributed by atoms with van der Waals surface area (Å²) in [5.41, 5.74) is -0.0361. The molecule has 1 amide bonds. The van der Waals surface area contributed by atoms with Crippen LogP contribution in [0, 0.1) is 15.9 Å². The van der Waals surface area contributed by atoms with Gasteiger partial charge in [-0.15, -0.1) is 0 Å². The minimum atomic E-state index is -0.662. The Labute approximate surface area is 141 Å². The number of carbonyl (C=O) groups is 2. The van der Waals surface area contributed by atoms with E-state index in [-0.39, 0.29) is 35.0 Å². The van der Waals surface area contributed by atoms with Crippen molar-refractivity contribution in [2.24, 2.45) is 0 Å². The van der Waals surface area contributed by atoms with Gasteiger partial charge in [-0.3, -0.25) is 19.7 Å². The summed E-state index contributed by atoms with van der Waals surface area (Å²) >= 11 is 5.69. The topological polar surface area (TPSA) is 89.3 Å². The quantitative estimate of drug-likeness (QED) is 0.484. The zero-order valence-corrected chi connectivity index (χ0v) is 13.0. The summed E-state index contributed by atoms with van der Waals surface area (Å²) in [7, 11) is 0. The first-order valence-electron chi connectivity index (χ1n) is 6.89. The van der Waals surface area contributed by atoms with E-state index in [0.29, 0.717) is 5.56 Å². The van der Waals surface area contributed by atoms with E-state index in [0.717, 1.165) is 18.2 Å². The van der Waals surface area contributed by atoms with Crippen molar-refractivity contribution in [3.63, 3.8) is 0 Å². The lowest BCUT2D eigenvalue weighted by molar-refractivity contribution is -0.383. The number of halogens is 2. The number of nitro benzene ring substituents is 1. The summed E-state index contributed by atoms with van der Waals surface area (Å²) in [4.78, 5) is 34.1. The van der Waals surface area contributed by atoms with Gasteiger partial charge in [0, 0.05) is 29.5 Å². The molecule has 0 aromatic heterocycles. The van der Waals surface area contributed by atoms with Crippen molar-refractivity contribution < 1.29 is 18.9 Å². The molecule has 0 fully saturated rings. The normalized spacial score (nSPS) is 10.2. The molecule has 0 aliphatic carbocycles. The molecule has 0 heterocycles. The first-order chi connectivity index (χ1) is 11.4. The van der Waals surface area contributed by atoms with Gasteiger partial charge in [-0.25, -0.2) is 4.39 Å². The molecule has 2 aromatic rings. The van der Waals surface area contributed by atoms with Gasteiger partial charge in [-0.1, -0.05) is 11.6 Å². The predicted octanol–water partition coefficient (Wildman–Crippen LogP) is 3.99.